The van der Waals surface area contributed by atoms with Crippen LogP contribution in [0.3, 0.4) is 0 Å². The number of pyridine rings is 1. The highest BCUT2D eigenvalue weighted by Gasteiger charge is 2.30. The van der Waals surface area contributed by atoms with Crippen LogP contribution < -0.4 is 11.1 Å². The summed E-state index contributed by atoms with van der Waals surface area (Å²) in [4.78, 5) is 23.6. The second-order valence-corrected chi connectivity index (χ2v) is 7.16. The fraction of sp³-hybridized carbons (Fsp3) is 0.278. The zero-order valence-corrected chi connectivity index (χ0v) is 16.1. The molecular formula is C18H18F3N5O2S. The van der Waals surface area contributed by atoms with E-state index in [-0.39, 0.29) is 24.5 Å². The molecule has 0 saturated heterocycles. The first-order chi connectivity index (χ1) is 13.7. The molecular weight excluding hydrogens is 407 g/mol. The monoisotopic (exact) mass is 425 g/mol. The molecule has 0 aliphatic heterocycles. The van der Waals surface area contributed by atoms with Gasteiger partial charge in [-0.05, 0) is 30.7 Å². The van der Waals surface area contributed by atoms with Crippen molar-refractivity contribution in [3.05, 3.63) is 57.3 Å². The molecule has 0 radical (unpaired) electrons. The smallest absolute Gasteiger partial charge is 0.390 e. The van der Waals surface area contributed by atoms with Gasteiger partial charge in [0, 0.05) is 18.1 Å². The van der Waals surface area contributed by atoms with Crippen molar-refractivity contribution in [1.29, 1.82) is 0 Å². The lowest BCUT2D eigenvalue weighted by Gasteiger charge is -2.14. The maximum Gasteiger partial charge on any atom is 0.417 e. The number of carbonyl (C=O) groups is 1. The Morgan fingerprint density at radius 2 is 2.17 bits per heavy atom. The fourth-order valence-electron chi connectivity index (χ4n) is 2.66. The lowest BCUT2D eigenvalue weighted by atomic mass is 10.2. The summed E-state index contributed by atoms with van der Waals surface area (Å²) in [5, 5.41) is 14.1. The summed E-state index contributed by atoms with van der Waals surface area (Å²) in [7, 11) is 0. The number of hydrogen-bond donors (Lipinski definition) is 4. The Bertz CT molecular complexity index is 998. The molecule has 5 N–H and O–H groups in total. The number of alkyl halides is 3. The molecule has 29 heavy (non-hydrogen) atoms. The third-order valence-electron chi connectivity index (χ3n) is 4.18. The zero-order valence-electron chi connectivity index (χ0n) is 15.2. The molecule has 0 unspecified atom stereocenters. The molecule has 0 aromatic carbocycles. The first-order valence-electron chi connectivity index (χ1n) is 8.52. The number of aromatic amines is 1. The lowest BCUT2D eigenvalue weighted by Crippen LogP contribution is -2.33. The van der Waals surface area contributed by atoms with Crippen LogP contribution in [0.2, 0.25) is 0 Å². The van der Waals surface area contributed by atoms with Crippen molar-refractivity contribution in [3.8, 4) is 11.4 Å². The highest BCUT2D eigenvalue weighted by molar-refractivity contribution is 7.09. The van der Waals surface area contributed by atoms with Gasteiger partial charge in [-0.15, -0.1) is 11.3 Å². The Hall–Kier alpha value is -2.76. The normalized spacial score (nSPS) is 12.8. The molecule has 0 fully saturated rings. The first kappa shape index (κ1) is 21.0. The quantitative estimate of drug-likeness (QED) is 0.485. The van der Waals surface area contributed by atoms with Crippen LogP contribution in [-0.2, 0) is 12.8 Å². The second-order valence-electron chi connectivity index (χ2n) is 6.27. The largest absolute Gasteiger partial charge is 0.417 e. The van der Waals surface area contributed by atoms with E-state index in [1.165, 1.54) is 17.4 Å². The predicted molar refractivity (Wildman–Crippen MR) is 101 cm³/mol. The average molecular weight is 425 g/mol. The van der Waals surface area contributed by atoms with Crippen molar-refractivity contribution in [2.75, 3.05) is 6.54 Å². The van der Waals surface area contributed by atoms with E-state index in [1.54, 1.807) is 18.4 Å². The third kappa shape index (κ3) is 4.63. The highest BCUT2D eigenvalue weighted by atomic mass is 32.1. The molecule has 7 nitrogen and oxygen atoms in total. The molecule has 0 spiro atoms. The van der Waals surface area contributed by atoms with E-state index < -0.39 is 23.7 Å². The van der Waals surface area contributed by atoms with E-state index in [4.69, 9.17) is 10.8 Å². The number of halogens is 3. The average Bonchev–Trinajstić information content (AvgIpc) is 3.32. The summed E-state index contributed by atoms with van der Waals surface area (Å²) in [6, 6.07) is 3.27. The van der Waals surface area contributed by atoms with Crippen LogP contribution in [0.4, 0.5) is 13.2 Å². The van der Waals surface area contributed by atoms with Crippen molar-refractivity contribution in [1.82, 2.24) is 20.3 Å². The molecule has 0 aliphatic carbocycles. The maximum atomic E-state index is 12.7. The number of rotatable bonds is 6. The van der Waals surface area contributed by atoms with Crippen molar-refractivity contribution >= 4 is 17.2 Å². The molecule has 3 rings (SSSR count). The van der Waals surface area contributed by atoms with E-state index >= 15 is 0 Å². The third-order valence-corrected chi connectivity index (χ3v) is 5.19. The first-order valence-corrected chi connectivity index (χ1v) is 9.40. The standard InChI is InChI=1S/C18H18F3N5O2S/c1-9-4-13(12-3-2-10(6-23-12)18(19,20)21)25-15(9)16(28)26-14(5-22)17-24-11(7-27)8-29-17/h2-4,6,8,14,25,27H,5,7,22H2,1H3,(H,26,28)/t14-/m1/s1. The van der Waals surface area contributed by atoms with Crippen molar-refractivity contribution < 1.29 is 23.1 Å². The van der Waals surface area contributed by atoms with Gasteiger partial charge in [-0.25, -0.2) is 4.98 Å². The number of thiazole rings is 1. The number of aliphatic hydroxyl groups is 1. The fourth-order valence-corrected chi connectivity index (χ4v) is 3.53. The van der Waals surface area contributed by atoms with Crippen LogP contribution in [0, 0.1) is 6.92 Å². The number of nitrogens with zero attached hydrogens (tertiary/aromatic N) is 2. The number of hydrogen-bond acceptors (Lipinski definition) is 6. The van der Waals surface area contributed by atoms with E-state index in [0.717, 1.165) is 12.3 Å². The molecule has 1 atom stereocenters. The van der Waals surface area contributed by atoms with E-state index in [0.29, 0.717) is 22.0 Å². The van der Waals surface area contributed by atoms with Gasteiger partial charge in [0.25, 0.3) is 5.91 Å². The van der Waals surface area contributed by atoms with Gasteiger partial charge in [-0.3, -0.25) is 9.78 Å². The molecule has 1 amide bonds. The van der Waals surface area contributed by atoms with Crippen LogP contribution >= 0.6 is 11.3 Å². The SMILES string of the molecule is Cc1cc(-c2ccc(C(F)(F)F)cn2)[nH]c1C(=O)N[C@H](CN)c1nc(CO)cs1. The van der Waals surface area contributed by atoms with Gasteiger partial charge in [-0.2, -0.15) is 13.2 Å². The summed E-state index contributed by atoms with van der Waals surface area (Å²) >= 11 is 1.28. The second kappa shape index (κ2) is 8.31. The molecule has 154 valence electrons. The Balaban J connectivity index is 1.79. The number of nitrogens with one attached hydrogen (secondary N) is 2. The predicted octanol–water partition coefficient (Wildman–Crippen LogP) is 2.78. The Morgan fingerprint density at radius 1 is 1.41 bits per heavy atom. The molecule has 3 aromatic heterocycles. The van der Waals surface area contributed by atoms with Gasteiger partial charge in [0.05, 0.1) is 35.3 Å². The van der Waals surface area contributed by atoms with Crippen LogP contribution in [0.1, 0.15) is 38.4 Å². The van der Waals surface area contributed by atoms with Gasteiger partial charge < -0.3 is 21.1 Å². The minimum absolute atomic E-state index is 0.108. The van der Waals surface area contributed by atoms with Gasteiger partial charge in [0.2, 0.25) is 0 Å². The molecule has 0 bridgehead atoms. The van der Waals surface area contributed by atoms with Crippen molar-refractivity contribution in [2.45, 2.75) is 25.7 Å². The van der Waals surface area contributed by atoms with Crippen LogP contribution in [0.25, 0.3) is 11.4 Å². The van der Waals surface area contributed by atoms with E-state index in [2.05, 4.69) is 20.3 Å². The summed E-state index contributed by atoms with van der Waals surface area (Å²) in [5.41, 5.74) is 6.94. The number of aliphatic hydroxyl groups excluding tert-OH is 1. The molecule has 3 aromatic rings. The number of carbonyl (C=O) groups excluding carboxylic acids is 1. The van der Waals surface area contributed by atoms with Gasteiger partial charge >= 0.3 is 6.18 Å². The number of nitrogens with two attached hydrogens (primary N) is 1. The van der Waals surface area contributed by atoms with Gasteiger partial charge in [0.1, 0.15) is 10.7 Å². The van der Waals surface area contributed by atoms with E-state index in [9.17, 15) is 18.0 Å². The zero-order chi connectivity index (χ0) is 21.2. The van der Waals surface area contributed by atoms with Gasteiger partial charge in [0.15, 0.2) is 0 Å². The minimum atomic E-state index is -4.47. The Morgan fingerprint density at radius 3 is 2.72 bits per heavy atom. The topological polar surface area (TPSA) is 117 Å². The van der Waals surface area contributed by atoms with Crippen LogP contribution in [0.5, 0.6) is 0 Å². The summed E-state index contributed by atoms with van der Waals surface area (Å²) in [6.07, 6.45) is -3.72. The Kier molecular flexibility index (Phi) is 6.01. The number of H-pyrrole nitrogens is 1. The lowest BCUT2D eigenvalue weighted by molar-refractivity contribution is -0.137. The van der Waals surface area contributed by atoms with Crippen LogP contribution in [0.15, 0.2) is 29.8 Å². The number of aryl methyl sites for hydroxylation is 1. The molecule has 0 saturated carbocycles. The number of aromatic nitrogens is 3. The highest BCUT2D eigenvalue weighted by Crippen LogP contribution is 2.30. The molecule has 11 heteroatoms. The molecule has 3 heterocycles. The van der Waals surface area contributed by atoms with Gasteiger partial charge in [-0.1, -0.05) is 0 Å². The van der Waals surface area contributed by atoms with Crippen molar-refractivity contribution in [3.63, 3.8) is 0 Å². The summed E-state index contributed by atoms with van der Waals surface area (Å²) in [5.74, 6) is -0.433. The molecule has 0 aliphatic rings. The van der Waals surface area contributed by atoms with Crippen LogP contribution in [-0.4, -0.2) is 32.5 Å². The summed E-state index contributed by atoms with van der Waals surface area (Å²) < 4.78 is 38.1. The number of amides is 1. The minimum Gasteiger partial charge on any atom is -0.390 e. The van der Waals surface area contributed by atoms with E-state index in [1.807, 2.05) is 0 Å². The maximum absolute atomic E-state index is 12.7. The Labute approximate surface area is 167 Å². The summed E-state index contributed by atoms with van der Waals surface area (Å²) in [6.45, 7) is 1.60. The van der Waals surface area contributed by atoms with Crippen molar-refractivity contribution in [2.24, 2.45) is 5.73 Å².